The highest BCUT2D eigenvalue weighted by Gasteiger charge is 2.20. The first-order chi connectivity index (χ1) is 8.31. The van der Waals surface area contributed by atoms with Crippen LogP contribution >= 0.6 is 0 Å². The lowest BCUT2D eigenvalue weighted by Gasteiger charge is -2.33. The minimum Gasteiger partial charge on any atom is -0.398 e. The molecule has 0 heterocycles. The standard InChI is InChI=1S/C15H24N2/c1-2-17(14-9-4-3-5-10-14)12-13-8-6-7-11-15(13)16/h6-8,11,14H,2-5,9-10,12,16H2,1H3. The third kappa shape index (κ3) is 3.22. The Morgan fingerprint density at radius 3 is 2.53 bits per heavy atom. The molecule has 0 aliphatic heterocycles. The molecule has 0 atom stereocenters. The Labute approximate surface area is 105 Å². The molecule has 0 spiro atoms. The van der Waals surface area contributed by atoms with Crippen molar-refractivity contribution in [2.45, 2.75) is 51.6 Å². The topological polar surface area (TPSA) is 29.3 Å². The van der Waals surface area contributed by atoms with Crippen LogP contribution in [0.1, 0.15) is 44.6 Å². The van der Waals surface area contributed by atoms with Crippen LogP contribution in [0.25, 0.3) is 0 Å². The summed E-state index contributed by atoms with van der Waals surface area (Å²) in [6.45, 7) is 4.39. The van der Waals surface area contributed by atoms with Crippen molar-refractivity contribution in [3.05, 3.63) is 29.8 Å². The Kier molecular flexibility index (Phi) is 4.43. The first kappa shape index (κ1) is 12.4. The van der Waals surface area contributed by atoms with E-state index < -0.39 is 0 Å². The van der Waals surface area contributed by atoms with E-state index in [2.05, 4.69) is 24.0 Å². The second-order valence-corrected chi connectivity index (χ2v) is 5.05. The van der Waals surface area contributed by atoms with Crippen LogP contribution in [-0.2, 0) is 6.54 Å². The van der Waals surface area contributed by atoms with Gasteiger partial charge in [0.05, 0.1) is 0 Å². The number of para-hydroxylation sites is 1. The first-order valence-electron chi connectivity index (χ1n) is 6.88. The van der Waals surface area contributed by atoms with E-state index in [1.807, 2.05) is 12.1 Å². The fourth-order valence-electron chi connectivity index (χ4n) is 2.84. The average molecular weight is 232 g/mol. The molecule has 0 aromatic heterocycles. The molecule has 1 aliphatic rings. The van der Waals surface area contributed by atoms with E-state index in [9.17, 15) is 0 Å². The van der Waals surface area contributed by atoms with Crippen molar-refractivity contribution in [2.24, 2.45) is 0 Å². The molecule has 1 aliphatic carbocycles. The van der Waals surface area contributed by atoms with Crippen molar-refractivity contribution in [1.82, 2.24) is 4.90 Å². The van der Waals surface area contributed by atoms with E-state index in [1.54, 1.807) is 0 Å². The van der Waals surface area contributed by atoms with Gasteiger partial charge in [-0.1, -0.05) is 44.4 Å². The summed E-state index contributed by atoms with van der Waals surface area (Å²) in [5.41, 5.74) is 8.24. The van der Waals surface area contributed by atoms with Crippen LogP contribution in [0.5, 0.6) is 0 Å². The van der Waals surface area contributed by atoms with E-state index in [4.69, 9.17) is 5.73 Å². The van der Waals surface area contributed by atoms with Gasteiger partial charge in [-0.05, 0) is 31.0 Å². The minimum absolute atomic E-state index is 0.772. The van der Waals surface area contributed by atoms with Gasteiger partial charge in [-0.3, -0.25) is 4.90 Å². The number of nitrogen functional groups attached to an aromatic ring is 1. The molecule has 1 saturated carbocycles. The molecule has 0 saturated heterocycles. The molecule has 0 bridgehead atoms. The van der Waals surface area contributed by atoms with Gasteiger partial charge in [-0.2, -0.15) is 0 Å². The molecular weight excluding hydrogens is 208 g/mol. The lowest BCUT2D eigenvalue weighted by molar-refractivity contribution is 0.156. The molecule has 2 heteroatoms. The summed E-state index contributed by atoms with van der Waals surface area (Å²) in [5.74, 6) is 0. The molecule has 1 aromatic carbocycles. The van der Waals surface area contributed by atoms with Gasteiger partial charge in [0.15, 0.2) is 0 Å². The maximum absolute atomic E-state index is 6.03. The first-order valence-corrected chi connectivity index (χ1v) is 6.88. The van der Waals surface area contributed by atoms with Crippen molar-refractivity contribution in [3.8, 4) is 0 Å². The molecule has 1 fully saturated rings. The summed E-state index contributed by atoms with van der Waals surface area (Å²) in [7, 11) is 0. The Morgan fingerprint density at radius 2 is 1.88 bits per heavy atom. The number of hydrogen-bond donors (Lipinski definition) is 1. The van der Waals surface area contributed by atoms with E-state index in [1.165, 1.54) is 37.7 Å². The molecule has 1 aromatic rings. The van der Waals surface area contributed by atoms with Crippen molar-refractivity contribution in [1.29, 1.82) is 0 Å². The predicted molar refractivity (Wildman–Crippen MR) is 73.8 cm³/mol. The quantitative estimate of drug-likeness (QED) is 0.806. The molecular formula is C15H24N2. The number of anilines is 1. The Hall–Kier alpha value is -1.02. The third-order valence-electron chi connectivity index (χ3n) is 3.93. The van der Waals surface area contributed by atoms with Gasteiger partial charge in [-0.15, -0.1) is 0 Å². The Bertz CT molecular complexity index is 343. The number of benzene rings is 1. The summed E-state index contributed by atoms with van der Waals surface area (Å²) >= 11 is 0. The van der Waals surface area contributed by atoms with Gasteiger partial charge in [0, 0.05) is 18.3 Å². The van der Waals surface area contributed by atoms with Gasteiger partial charge >= 0.3 is 0 Å². The highest BCUT2D eigenvalue weighted by atomic mass is 15.1. The molecule has 94 valence electrons. The molecule has 0 radical (unpaired) electrons. The van der Waals surface area contributed by atoms with Crippen molar-refractivity contribution in [2.75, 3.05) is 12.3 Å². The minimum atomic E-state index is 0.772. The van der Waals surface area contributed by atoms with E-state index in [0.29, 0.717) is 0 Å². The summed E-state index contributed by atoms with van der Waals surface area (Å²) in [6.07, 6.45) is 6.93. The monoisotopic (exact) mass is 232 g/mol. The zero-order chi connectivity index (χ0) is 12.1. The second-order valence-electron chi connectivity index (χ2n) is 5.05. The van der Waals surface area contributed by atoms with Crippen LogP contribution in [0.4, 0.5) is 5.69 Å². The van der Waals surface area contributed by atoms with Crippen LogP contribution in [0.3, 0.4) is 0 Å². The zero-order valence-corrected chi connectivity index (χ0v) is 10.9. The maximum Gasteiger partial charge on any atom is 0.0359 e. The number of nitrogens with zero attached hydrogens (tertiary/aromatic N) is 1. The van der Waals surface area contributed by atoms with Crippen LogP contribution in [0.2, 0.25) is 0 Å². The lowest BCUT2D eigenvalue weighted by Crippen LogP contribution is -2.36. The zero-order valence-electron chi connectivity index (χ0n) is 10.9. The van der Waals surface area contributed by atoms with Crippen molar-refractivity contribution >= 4 is 5.69 Å². The molecule has 0 amide bonds. The smallest absolute Gasteiger partial charge is 0.0359 e. The van der Waals surface area contributed by atoms with Gasteiger partial charge in [0.25, 0.3) is 0 Å². The van der Waals surface area contributed by atoms with E-state index >= 15 is 0 Å². The normalized spacial score (nSPS) is 17.5. The van der Waals surface area contributed by atoms with Crippen molar-refractivity contribution < 1.29 is 0 Å². The fraction of sp³-hybridized carbons (Fsp3) is 0.600. The van der Waals surface area contributed by atoms with Gasteiger partial charge in [0.1, 0.15) is 0 Å². The highest BCUT2D eigenvalue weighted by Crippen LogP contribution is 2.24. The second kappa shape index (κ2) is 6.06. The Balaban J connectivity index is 2.01. The van der Waals surface area contributed by atoms with E-state index in [-0.39, 0.29) is 0 Å². The van der Waals surface area contributed by atoms with Gasteiger partial charge < -0.3 is 5.73 Å². The maximum atomic E-state index is 6.03. The predicted octanol–water partition coefficient (Wildman–Crippen LogP) is 3.42. The molecule has 17 heavy (non-hydrogen) atoms. The number of rotatable bonds is 4. The van der Waals surface area contributed by atoms with Crippen LogP contribution in [-0.4, -0.2) is 17.5 Å². The SMILES string of the molecule is CCN(Cc1ccccc1N)C1CCCCC1. The summed E-state index contributed by atoms with van der Waals surface area (Å²) in [6, 6.07) is 9.02. The van der Waals surface area contributed by atoms with Crippen molar-refractivity contribution in [3.63, 3.8) is 0 Å². The highest BCUT2D eigenvalue weighted by molar-refractivity contribution is 5.46. The molecule has 2 nitrogen and oxygen atoms in total. The number of hydrogen-bond acceptors (Lipinski definition) is 2. The molecule has 0 unspecified atom stereocenters. The van der Waals surface area contributed by atoms with E-state index in [0.717, 1.165) is 24.8 Å². The molecule has 2 N–H and O–H groups in total. The van der Waals surface area contributed by atoms with Crippen LogP contribution < -0.4 is 5.73 Å². The summed E-state index contributed by atoms with van der Waals surface area (Å²) in [5, 5.41) is 0. The summed E-state index contributed by atoms with van der Waals surface area (Å²) < 4.78 is 0. The average Bonchev–Trinajstić information content (AvgIpc) is 2.39. The Morgan fingerprint density at radius 1 is 1.18 bits per heavy atom. The third-order valence-corrected chi connectivity index (χ3v) is 3.93. The lowest BCUT2D eigenvalue weighted by atomic mass is 9.94. The van der Waals surface area contributed by atoms with Gasteiger partial charge in [0.2, 0.25) is 0 Å². The largest absolute Gasteiger partial charge is 0.398 e. The number of nitrogens with two attached hydrogens (primary N) is 1. The molecule has 2 rings (SSSR count). The fourth-order valence-corrected chi connectivity index (χ4v) is 2.84. The van der Waals surface area contributed by atoms with Gasteiger partial charge in [-0.25, -0.2) is 0 Å². The van der Waals surface area contributed by atoms with Crippen LogP contribution in [0, 0.1) is 0 Å². The summed E-state index contributed by atoms with van der Waals surface area (Å²) in [4.78, 5) is 2.59. The van der Waals surface area contributed by atoms with Crippen LogP contribution in [0.15, 0.2) is 24.3 Å².